The van der Waals surface area contributed by atoms with Crippen LogP contribution >= 0.6 is 22.6 Å². The molecule has 0 aliphatic carbocycles. The van der Waals surface area contributed by atoms with Crippen molar-refractivity contribution in [2.24, 2.45) is 0 Å². The molecule has 1 heterocycles. The van der Waals surface area contributed by atoms with E-state index in [0.717, 1.165) is 20.4 Å². The maximum atomic E-state index is 5.08. The number of nitrogens with zero attached hydrogens (tertiary/aromatic N) is 1. The molecule has 0 atom stereocenters. The second-order valence-corrected chi connectivity index (χ2v) is 3.45. The average Bonchev–Trinajstić information content (AvgIpc) is 2.47. The fourth-order valence-electron chi connectivity index (χ4n) is 1.09. The average molecular weight is 274 g/mol. The number of methoxy groups -OCH3 is 1. The van der Waals surface area contributed by atoms with Crippen molar-refractivity contribution >= 4 is 33.5 Å². The summed E-state index contributed by atoms with van der Waals surface area (Å²) in [6.45, 7) is 0. The van der Waals surface area contributed by atoms with Gasteiger partial charge in [-0.2, -0.15) is 5.10 Å². The topological polar surface area (TPSA) is 37.9 Å². The number of benzene rings is 1. The van der Waals surface area contributed by atoms with Crippen molar-refractivity contribution in [3.8, 4) is 5.75 Å². The molecule has 0 saturated heterocycles. The number of ether oxygens (including phenoxy) is 1. The minimum absolute atomic E-state index is 0.850. The van der Waals surface area contributed by atoms with E-state index < -0.39 is 0 Å². The van der Waals surface area contributed by atoms with Crippen LogP contribution < -0.4 is 4.74 Å². The Morgan fingerprint density at radius 1 is 1.50 bits per heavy atom. The Labute approximate surface area is 83.3 Å². The lowest BCUT2D eigenvalue weighted by molar-refractivity contribution is 0.415. The van der Waals surface area contributed by atoms with Gasteiger partial charge < -0.3 is 4.74 Å². The molecule has 0 fully saturated rings. The summed E-state index contributed by atoms with van der Waals surface area (Å²) in [6, 6.07) is 5.87. The minimum atomic E-state index is 0.850. The molecular formula is C8H7IN2O. The Hall–Kier alpha value is -0.780. The van der Waals surface area contributed by atoms with E-state index in [9.17, 15) is 0 Å². The second kappa shape index (κ2) is 2.93. The van der Waals surface area contributed by atoms with E-state index in [1.165, 1.54) is 0 Å². The number of hydrogen-bond donors (Lipinski definition) is 1. The van der Waals surface area contributed by atoms with Crippen LogP contribution in [0.3, 0.4) is 0 Å². The van der Waals surface area contributed by atoms with E-state index in [1.807, 2.05) is 18.2 Å². The van der Waals surface area contributed by atoms with Crippen LogP contribution in [-0.4, -0.2) is 17.3 Å². The van der Waals surface area contributed by atoms with Gasteiger partial charge in [0.1, 0.15) is 9.45 Å². The van der Waals surface area contributed by atoms with Crippen molar-refractivity contribution in [1.29, 1.82) is 0 Å². The number of nitrogens with one attached hydrogen (secondary N) is 1. The van der Waals surface area contributed by atoms with Crippen LogP contribution in [0.5, 0.6) is 5.75 Å². The summed E-state index contributed by atoms with van der Waals surface area (Å²) < 4.78 is 6.07. The maximum absolute atomic E-state index is 5.08. The summed E-state index contributed by atoms with van der Waals surface area (Å²) in [5.41, 5.74) is 1.01. The molecular weight excluding hydrogens is 267 g/mol. The van der Waals surface area contributed by atoms with E-state index in [0.29, 0.717) is 0 Å². The first kappa shape index (κ1) is 7.85. The molecule has 1 aromatic carbocycles. The van der Waals surface area contributed by atoms with Crippen LogP contribution in [0.15, 0.2) is 18.2 Å². The van der Waals surface area contributed by atoms with Gasteiger partial charge in [0, 0.05) is 11.5 Å². The first-order valence-corrected chi connectivity index (χ1v) is 4.57. The van der Waals surface area contributed by atoms with E-state index in [-0.39, 0.29) is 0 Å². The monoisotopic (exact) mass is 274 g/mol. The predicted molar refractivity (Wildman–Crippen MR) is 55.4 cm³/mol. The first-order valence-electron chi connectivity index (χ1n) is 3.49. The van der Waals surface area contributed by atoms with Gasteiger partial charge in [-0.05, 0) is 34.7 Å². The number of H-pyrrole nitrogens is 1. The Balaban J connectivity index is 2.69. The smallest absolute Gasteiger partial charge is 0.130 e. The lowest BCUT2D eigenvalue weighted by Crippen LogP contribution is -1.81. The Morgan fingerprint density at radius 2 is 2.33 bits per heavy atom. The molecule has 12 heavy (non-hydrogen) atoms. The van der Waals surface area contributed by atoms with Gasteiger partial charge in [-0.3, -0.25) is 5.10 Å². The van der Waals surface area contributed by atoms with Crippen LogP contribution in [0, 0.1) is 3.70 Å². The summed E-state index contributed by atoms with van der Waals surface area (Å²) in [5.74, 6) is 0.850. The number of hydrogen-bond acceptors (Lipinski definition) is 2. The van der Waals surface area contributed by atoms with E-state index in [4.69, 9.17) is 4.74 Å². The molecule has 0 aliphatic rings. The summed E-state index contributed by atoms with van der Waals surface area (Å²) in [6.07, 6.45) is 0. The molecule has 2 aromatic rings. The third-order valence-electron chi connectivity index (χ3n) is 1.72. The Morgan fingerprint density at radius 3 is 3.08 bits per heavy atom. The molecule has 0 bridgehead atoms. The molecule has 2 rings (SSSR count). The van der Waals surface area contributed by atoms with Crippen LogP contribution in [0.25, 0.3) is 10.9 Å². The molecule has 4 heteroatoms. The van der Waals surface area contributed by atoms with Crippen LogP contribution in [-0.2, 0) is 0 Å². The molecule has 0 amide bonds. The zero-order valence-corrected chi connectivity index (χ0v) is 8.62. The number of rotatable bonds is 1. The second-order valence-electron chi connectivity index (χ2n) is 2.43. The molecule has 62 valence electrons. The molecule has 0 spiro atoms. The molecule has 0 saturated carbocycles. The number of aromatic amines is 1. The van der Waals surface area contributed by atoms with Crippen LogP contribution in [0.4, 0.5) is 0 Å². The van der Waals surface area contributed by atoms with Gasteiger partial charge in [0.15, 0.2) is 0 Å². The van der Waals surface area contributed by atoms with Crippen molar-refractivity contribution in [2.45, 2.75) is 0 Å². The summed E-state index contributed by atoms with van der Waals surface area (Å²) in [7, 11) is 1.66. The third-order valence-corrected chi connectivity index (χ3v) is 2.55. The van der Waals surface area contributed by atoms with Gasteiger partial charge in [0.25, 0.3) is 0 Å². The number of aromatic nitrogens is 2. The third kappa shape index (κ3) is 1.16. The SMILES string of the molecule is COc1ccc2c(I)n[nH]c2c1. The van der Waals surface area contributed by atoms with Crippen molar-refractivity contribution in [3.05, 3.63) is 21.9 Å². The van der Waals surface area contributed by atoms with Gasteiger partial charge >= 0.3 is 0 Å². The number of fused-ring (bicyclic) bond motifs is 1. The fourth-order valence-corrected chi connectivity index (χ4v) is 1.68. The van der Waals surface area contributed by atoms with Crippen molar-refractivity contribution in [2.75, 3.05) is 7.11 Å². The zero-order valence-electron chi connectivity index (χ0n) is 6.47. The summed E-state index contributed by atoms with van der Waals surface area (Å²) in [4.78, 5) is 0. The highest BCUT2D eigenvalue weighted by molar-refractivity contribution is 14.1. The highest BCUT2D eigenvalue weighted by Gasteiger charge is 2.02. The van der Waals surface area contributed by atoms with Gasteiger partial charge in [0.05, 0.1) is 12.6 Å². The first-order chi connectivity index (χ1) is 5.81. The van der Waals surface area contributed by atoms with E-state index in [1.54, 1.807) is 7.11 Å². The van der Waals surface area contributed by atoms with Crippen LogP contribution in [0.1, 0.15) is 0 Å². The quantitative estimate of drug-likeness (QED) is 0.809. The molecule has 0 unspecified atom stereocenters. The largest absolute Gasteiger partial charge is 0.497 e. The Kier molecular flexibility index (Phi) is 1.92. The van der Waals surface area contributed by atoms with E-state index >= 15 is 0 Å². The molecule has 1 aromatic heterocycles. The van der Waals surface area contributed by atoms with Crippen molar-refractivity contribution < 1.29 is 4.74 Å². The van der Waals surface area contributed by atoms with E-state index in [2.05, 4.69) is 32.8 Å². The minimum Gasteiger partial charge on any atom is -0.497 e. The standard InChI is InChI=1S/C8H7IN2O/c1-12-5-2-3-6-7(4-5)10-11-8(6)9/h2-4H,1H3,(H,10,11). The van der Waals surface area contributed by atoms with Gasteiger partial charge in [0.2, 0.25) is 0 Å². The highest BCUT2D eigenvalue weighted by atomic mass is 127. The van der Waals surface area contributed by atoms with Crippen molar-refractivity contribution in [3.63, 3.8) is 0 Å². The lowest BCUT2D eigenvalue weighted by atomic mass is 10.2. The molecule has 3 nitrogen and oxygen atoms in total. The Bertz CT molecular complexity index is 410. The van der Waals surface area contributed by atoms with Crippen molar-refractivity contribution in [1.82, 2.24) is 10.2 Å². The summed E-state index contributed by atoms with van der Waals surface area (Å²) in [5, 5.41) is 8.14. The fraction of sp³-hybridized carbons (Fsp3) is 0.125. The van der Waals surface area contributed by atoms with Gasteiger partial charge in [-0.25, -0.2) is 0 Å². The zero-order chi connectivity index (χ0) is 8.55. The summed E-state index contributed by atoms with van der Waals surface area (Å²) >= 11 is 2.19. The molecule has 1 N–H and O–H groups in total. The van der Waals surface area contributed by atoms with Gasteiger partial charge in [-0.1, -0.05) is 0 Å². The number of halogens is 1. The van der Waals surface area contributed by atoms with Crippen LogP contribution in [0.2, 0.25) is 0 Å². The normalized spacial score (nSPS) is 10.5. The highest BCUT2D eigenvalue weighted by Crippen LogP contribution is 2.21. The lowest BCUT2D eigenvalue weighted by Gasteiger charge is -1.97. The van der Waals surface area contributed by atoms with Gasteiger partial charge in [-0.15, -0.1) is 0 Å². The maximum Gasteiger partial charge on any atom is 0.130 e. The predicted octanol–water partition coefficient (Wildman–Crippen LogP) is 2.18. The molecule has 0 radical (unpaired) electrons. The molecule has 0 aliphatic heterocycles.